The molecular formula is C32H34N2O7. The third-order valence-electron chi connectivity index (χ3n) is 7.03. The molecule has 4 rings (SSSR count). The summed E-state index contributed by atoms with van der Waals surface area (Å²) in [6.07, 6.45) is 0.146. The Hall–Kier alpha value is -4.66. The van der Waals surface area contributed by atoms with Crippen LogP contribution < -0.4 is 10.6 Å². The number of unbranched alkanes of at least 4 members (excludes halogenated alkanes) is 1. The summed E-state index contributed by atoms with van der Waals surface area (Å²) >= 11 is 0. The monoisotopic (exact) mass is 558 g/mol. The molecule has 0 radical (unpaired) electrons. The highest BCUT2D eigenvalue weighted by molar-refractivity contribution is 5.92. The lowest BCUT2D eigenvalue weighted by atomic mass is 9.98. The van der Waals surface area contributed by atoms with Gasteiger partial charge in [0.25, 0.3) is 0 Å². The highest BCUT2D eigenvalue weighted by Crippen LogP contribution is 2.44. The minimum absolute atomic E-state index is 0.00674. The van der Waals surface area contributed by atoms with Crippen LogP contribution in [0, 0.1) is 0 Å². The van der Waals surface area contributed by atoms with Crippen molar-refractivity contribution in [1.29, 1.82) is 0 Å². The largest absolute Gasteiger partial charge is 0.480 e. The van der Waals surface area contributed by atoms with Gasteiger partial charge in [-0.25, -0.2) is 9.59 Å². The van der Waals surface area contributed by atoms with E-state index in [2.05, 4.69) is 10.6 Å². The average molecular weight is 559 g/mol. The molecule has 9 heteroatoms. The molecule has 0 heterocycles. The number of esters is 1. The number of benzene rings is 3. The SMILES string of the molecule is CCCCC(NC(=O)[C@H](CC(=O)OCc1ccccc1)NC(=O)OCC1c2ccccc2-c2ccccc21)C(=O)O. The van der Waals surface area contributed by atoms with Gasteiger partial charge in [-0.15, -0.1) is 0 Å². The van der Waals surface area contributed by atoms with E-state index in [0.29, 0.717) is 6.42 Å². The molecule has 0 saturated heterocycles. The predicted octanol–water partition coefficient (Wildman–Crippen LogP) is 4.79. The number of aliphatic carboxylic acids is 1. The average Bonchev–Trinajstić information content (AvgIpc) is 3.30. The molecule has 1 aliphatic rings. The maximum atomic E-state index is 13.1. The Morgan fingerprint density at radius 2 is 1.41 bits per heavy atom. The number of carbonyl (C=O) groups excluding carboxylic acids is 3. The normalized spacial score (nSPS) is 13.3. The summed E-state index contributed by atoms with van der Waals surface area (Å²) in [6, 6.07) is 22.3. The highest BCUT2D eigenvalue weighted by Gasteiger charge is 2.32. The number of carboxylic acid groups (broad SMARTS) is 1. The quantitative estimate of drug-likeness (QED) is 0.257. The molecule has 41 heavy (non-hydrogen) atoms. The van der Waals surface area contributed by atoms with Gasteiger partial charge in [0.2, 0.25) is 5.91 Å². The van der Waals surface area contributed by atoms with E-state index in [-0.39, 0.29) is 25.6 Å². The lowest BCUT2D eigenvalue weighted by molar-refractivity contribution is -0.147. The van der Waals surface area contributed by atoms with Crippen molar-refractivity contribution >= 4 is 23.9 Å². The molecule has 3 N–H and O–H groups in total. The molecule has 2 atom stereocenters. The molecule has 0 aliphatic heterocycles. The minimum atomic E-state index is -1.39. The zero-order chi connectivity index (χ0) is 29.2. The summed E-state index contributed by atoms with van der Waals surface area (Å²) in [5.41, 5.74) is 4.96. The van der Waals surface area contributed by atoms with Gasteiger partial charge in [0.05, 0.1) is 6.42 Å². The Balaban J connectivity index is 1.42. The fourth-order valence-electron chi connectivity index (χ4n) is 4.89. The maximum Gasteiger partial charge on any atom is 0.407 e. The first-order valence-electron chi connectivity index (χ1n) is 13.7. The fourth-order valence-corrected chi connectivity index (χ4v) is 4.89. The molecular weight excluding hydrogens is 524 g/mol. The summed E-state index contributed by atoms with van der Waals surface area (Å²) in [5.74, 6) is -2.92. The number of carboxylic acids is 1. The van der Waals surface area contributed by atoms with Crippen LogP contribution in [-0.2, 0) is 30.5 Å². The number of hydrogen-bond donors (Lipinski definition) is 3. The van der Waals surface area contributed by atoms with Crippen molar-refractivity contribution in [3.8, 4) is 11.1 Å². The zero-order valence-electron chi connectivity index (χ0n) is 22.9. The van der Waals surface area contributed by atoms with Crippen molar-refractivity contribution in [2.45, 2.75) is 57.2 Å². The Morgan fingerprint density at radius 1 is 0.805 bits per heavy atom. The third-order valence-corrected chi connectivity index (χ3v) is 7.03. The maximum absolute atomic E-state index is 13.1. The van der Waals surface area contributed by atoms with E-state index in [1.165, 1.54) is 0 Å². The summed E-state index contributed by atoms with van der Waals surface area (Å²) in [4.78, 5) is 50.3. The van der Waals surface area contributed by atoms with Crippen molar-refractivity contribution < 1.29 is 33.8 Å². The van der Waals surface area contributed by atoms with Crippen LogP contribution in [0.5, 0.6) is 0 Å². The van der Waals surface area contributed by atoms with Gasteiger partial charge >= 0.3 is 18.0 Å². The lowest BCUT2D eigenvalue weighted by Gasteiger charge is -2.21. The molecule has 0 saturated carbocycles. The van der Waals surface area contributed by atoms with Gasteiger partial charge in [-0.2, -0.15) is 0 Å². The van der Waals surface area contributed by atoms with Crippen LogP contribution in [0.3, 0.4) is 0 Å². The Bertz CT molecular complexity index is 1330. The van der Waals surface area contributed by atoms with Crippen LogP contribution in [0.15, 0.2) is 78.9 Å². The van der Waals surface area contributed by atoms with Gasteiger partial charge in [0.15, 0.2) is 0 Å². The van der Waals surface area contributed by atoms with E-state index in [1.807, 2.05) is 61.5 Å². The third kappa shape index (κ3) is 7.72. The van der Waals surface area contributed by atoms with Gasteiger partial charge in [-0.05, 0) is 34.2 Å². The molecule has 1 unspecified atom stereocenters. The molecule has 3 aromatic rings. The first-order chi connectivity index (χ1) is 19.9. The number of ether oxygens (including phenoxy) is 2. The number of carbonyl (C=O) groups is 4. The Labute approximate surface area is 238 Å². The van der Waals surface area contributed by atoms with E-state index in [9.17, 15) is 24.3 Å². The first-order valence-corrected chi connectivity index (χ1v) is 13.7. The highest BCUT2D eigenvalue weighted by atomic mass is 16.5. The molecule has 214 valence electrons. The summed E-state index contributed by atoms with van der Waals surface area (Å²) in [5, 5.41) is 14.4. The Kier molecular flexibility index (Phi) is 10.1. The molecule has 3 aromatic carbocycles. The van der Waals surface area contributed by atoms with Crippen molar-refractivity contribution in [2.24, 2.45) is 0 Å². The lowest BCUT2D eigenvalue weighted by Crippen LogP contribution is -2.52. The van der Waals surface area contributed by atoms with Gasteiger partial charge in [-0.1, -0.05) is 98.6 Å². The number of rotatable bonds is 13. The first kappa shape index (κ1) is 29.3. The van der Waals surface area contributed by atoms with Gasteiger partial charge < -0.3 is 25.2 Å². The fraction of sp³-hybridized carbons (Fsp3) is 0.312. The summed E-state index contributed by atoms with van der Waals surface area (Å²) < 4.78 is 10.8. The molecule has 9 nitrogen and oxygen atoms in total. The van der Waals surface area contributed by atoms with Crippen LogP contribution in [0.25, 0.3) is 11.1 Å². The number of hydrogen-bond acceptors (Lipinski definition) is 6. The van der Waals surface area contributed by atoms with Gasteiger partial charge in [-0.3, -0.25) is 9.59 Å². The Morgan fingerprint density at radius 3 is 2.02 bits per heavy atom. The van der Waals surface area contributed by atoms with Crippen molar-refractivity contribution in [2.75, 3.05) is 6.61 Å². The van der Waals surface area contributed by atoms with Crippen molar-refractivity contribution in [1.82, 2.24) is 10.6 Å². The van der Waals surface area contributed by atoms with Crippen molar-refractivity contribution in [3.05, 3.63) is 95.6 Å². The van der Waals surface area contributed by atoms with E-state index >= 15 is 0 Å². The number of amides is 2. The predicted molar refractivity (Wildman–Crippen MR) is 152 cm³/mol. The van der Waals surface area contributed by atoms with Gasteiger partial charge in [0, 0.05) is 5.92 Å². The van der Waals surface area contributed by atoms with E-state index in [4.69, 9.17) is 9.47 Å². The van der Waals surface area contributed by atoms with Crippen LogP contribution in [0.2, 0.25) is 0 Å². The second-order valence-corrected chi connectivity index (χ2v) is 9.91. The molecule has 0 aromatic heterocycles. The second kappa shape index (κ2) is 14.1. The summed E-state index contributed by atoms with van der Waals surface area (Å²) in [7, 11) is 0. The number of nitrogens with one attached hydrogen (secondary N) is 2. The van der Waals surface area contributed by atoms with Crippen LogP contribution >= 0.6 is 0 Å². The standard InChI is InChI=1S/C32H34N2O7/c1-2-3-17-27(31(37)38)33-30(36)28(18-29(35)40-19-21-11-5-4-6-12-21)34-32(39)41-20-26-24-15-9-7-13-22(24)23-14-8-10-16-25(23)26/h4-16,26-28H,2-3,17-20H2,1H3,(H,33,36)(H,34,39)(H,37,38)/t27?,28-/m0/s1. The molecule has 0 bridgehead atoms. The smallest absolute Gasteiger partial charge is 0.407 e. The van der Waals surface area contributed by atoms with E-state index in [0.717, 1.165) is 34.2 Å². The van der Waals surface area contributed by atoms with Crippen LogP contribution in [0.1, 0.15) is 55.2 Å². The minimum Gasteiger partial charge on any atom is -0.480 e. The topological polar surface area (TPSA) is 131 Å². The summed E-state index contributed by atoms with van der Waals surface area (Å²) in [6.45, 7) is 1.92. The second-order valence-electron chi connectivity index (χ2n) is 9.91. The number of fused-ring (bicyclic) bond motifs is 3. The van der Waals surface area contributed by atoms with Crippen molar-refractivity contribution in [3.63, 3.8) is 0 Å². The zero-order valence-corrected chi connectivity index (χ0v) is 22.9. The number of alkyl carbamates (subject to hydrolysis) is 1. The van der Waals surface area contributed by atoms with E-state index < -0.39 is 42.4 Å². The molecule has 1 aliphatic carbocycles. The van der Waals surface area contributed by atoms with E-state index in [1.54, 1.807) is 24.3 Å². The van der Waals surface area contributed by atoms with Crippen LogP contribution in [-0.4, -0.2) is 47.7 Å². The van der Waals surface area contributed by atoms with Gasteiger partial charge in [0.1, 0.15) is 25.3 Å². The molecule has 0 spiro atoms. The van der Waals surface area contributed by atoms with Crippen LogP contribution in [0.4, 0.5) is 4.79 Å². The molecule has 2 amide bonds. The molecule has 0 fully saturated rings.